The summed E-state index contributed by atoms with van der Waals surface area (Å²) in [6.07, 6.45) is -2.82. The van der Waals surface area contributed by atoms with Crippen molar-refractivity contribution < 1.29 is 27.1 Å². The van der Waals surface area contributed by atoms with Crippen LogP contribution in [-0.4, -0.2) is 30.2 Å². The van der Waals surface area contributed by atoms with Gasteiger partial charge in [-0.05, 0) is 25.3 Å². The Morgan fingerprint density at radius 3 is 2.65 bits per heavy atom. The molecule has 0 heterocycles. The summed E-state index contributed by atoms with van der Waals surface area (Å²) in [5.41, 5.74) is 0.00144. The molecule has 1 aromatic carbocycles. The highest BCUT2D eigenvalue weighted by molar-refractivity contribution is 7.99. The second-order valence-electron chi connectivity index (χ2n) is 3.91. The lowest BCUT2D eigenvalue weighted by Crippen LogP contribution is -2.24. The van der Waals surface area contributed by atoms with Crippen molar-refractivity contribution in [2.45, 2.75) is 18.3 Å². The molecule has 0 saturated heterocycles. The minimum absolute atomic E-state index is 0.00144. The maximum Gasteiger partial charge on any atom is 0.422 e. The quantitative estimate of drug-likeness (QED) is 0.846. The molecule has 0 radical (unpaired) electrons. The van der Waals surface area contributed by atoms with Gasteiger partial charge in [0.2, 0.25) is 5.91 Å². The van der Waals surface area contributed by atoms with Crippen LogP contribution in [-0.2, 0) is 4.79 Å². The normalized spacial score (nSPS) is 12.9. The molecule has 0 bridgehead atoms. The number of halogens is 4. The summed E-state index contributed by atoms with van der Waals surface area (Å²) in [5, 5.41) is 2.01. The van der Waals surface area contributed by atoms with Gasteiger partial charge in [0.25, 0.3) is 0 Å². The van der Waals surface area contributed by atoms with Gasteiger partial charge in [0.15, 0.2) is 6.61 Å². The molecule has 0 unspecified atom stereocenters. The van der Waals surface area contributed by atoms with Gasteiger partial charge in [0, 0.05) is 6.07 Å². The van der Waals surface area contributed by atoms with Gasteiger partial charge >= 0.3 is 6.18 Å². The number of hydrogen-bond donors (Lipinski definition) is 1. The molecule has 3 nitrogen and oxygen atoms in total. The fraction of sp³-hybridized carbons (Fsp3) is 0.417. The van der Waals surface area contributed by atoms with Crippen LogP contribution < -0.4 is 10.1 Å². The van der Waals surface area contributed by atoms with Gasteiger partial charge in [-0.25, -0.2) is 4.39 Å². The van der Waals surface area contributed by atoms with Gasteiger partial charge < -0.3 is 10.1 Å². The number of anilines is 1. The molecule has 1 N–H and O–H groups in total. The highest BCUT2D eigenvalue weighted by Crippen LogP contribution is 2.28. The van der Waals surface area contributed by atoms with E-state index in [0.29, 0.717) is 0 Å². The Kier molecular flexibility index (Phi) is 5.67. The van der Waals surface area contributed by atoms with Crippen LogP contribution in [0.1, 0.15) is 6.92 Å². The largest absolute Gasteiger partial charge is 0.482 e. The lowest BCUT2D eigenvalue weighted by molar-refractivity contribution is -0.153. The highest BCUT2D eigenvalue weighted by Gasteiger charge is 2.29. The van der Waals surface area contributed by atoms with Crippen molar-refractivity contribution in [3.05, 3.63) is 24.0 Å². The van der Waals surface area contributed by atoms with Crippen molar-refractivity contribution in [3.63, 3.8) is 0 Å². The molecule has 1 rings (SSSR count). The third-order valence-corrected chi connectivity index (χ3v) is 3.24. The zero-order valence-corrected chi connectivity index (χ0v) is 11.6. The van der Waals surface area contributed by atoms with Crippen molar-refractivity contribution in [1.29, 1.82) is 0 Å². The first kappa shape index (κ1) is 16.6. The maximum atomic E-state index is 13.1. The fourth-order valence-electron chi connectivity index (χ4n) is 1.22. The van der Waals surface area contributed by atoms with Crippen molar-refractivity contribution >= 4 is 23.4 Å². The van der Waals surface area contributed by atoms with Gasteiger partial charge in [-0.15, -0.1) is 0 Å². The van der Waals surface area contributed by atoms with Gasteiger partial charge in [0.05, 0.1) is 10.9 Å². The topological polar surface area (TPSA) is 38.3 Å². The van der Waals surface area contributed by atoms with E-state index in [1.807, 2.05) is 0 Å². The van der Waals surface area contributed by atoms with Crippen LogP contribution in [0.15, 0.2) is 18.2 Å². The molecule has 8 heteroatoms. The first-order chi connectivity index (χ1) is 9.23. The monoisotopic (exact) mass is 311 g/mol. The minimum atomic E-state index is -4.54. The molecule has 0 aromatic heterocycles. The number of thioether (sulfide) groups is 1. The second kappa shape index (κ2) is 6.83. The highest BCUT2D eigenvalue weighted by atomic mass is 32.2. The van der Waals surface area contributed by atoms with Crippen LogP contribution in [0.3, 0.4) is 0 Å². The Morgan fingerprint density at radius 1 is 1.45 bits per heavy atom. The third-order valence-electron chi connectivity index (χ3n) is 2.32. The van der Waals surface area contributed by atoms with Crippen molar-refractivity contribution in [1.82, 2.24) is 0 Å². The number of carbonyl (C=O) groups excluding carboxylic acids is 1. The average Bonchev–Trinajstić information content (AvgIpc) is 2.36. The summed E-state index contributed by atoms with van der Waals surface area (Å²) in [4.78, 5) is 11.7. The zero-order chi connectivity index (χ0) is 15.3. The van der Waals surface area contributed by atoms with Crippen LogP contribution in [0.2, 0.25) is 0 Å². The van der Waals surface area contributed by atoms with Crippen molar-refractivity contribution in [2.24, 2.45) is 0 Å². The van der Waals surface area contributed by atoms with Crippen LogP contribution in [0.25, 0.3) is 0 Å². The van der Waals surface area contributed by atoms with E-state index in [2.05, 4.69) is 10.1 Å². The van der Waals surface area contributed by atoms with Crippen LogP contribution in [0.5, 0.6) is 5.75 Å². The number of nitrogens with one attached hydrogen (secondary N) is 1. The maximum absolute atomic E-state index is 13.1. The molecular weight excluding hydrogens is 298 g/mol. The number of alkyl halides is 3. The van der Waals surface area contributed by atoms with E-state index in [9.17, 15) is 22.4 Å². The van der Waals surface area contributed by atoms with Gasteiger partial charge in [-0.1, -0.05) is 0 Å². The van der Waals surface area contributed by atoms with E-state index in [4.69, 9.17) is 0 Å². The smallest absolute Gasteiger partial charge is 0.422 e. The van der Waals surface area contributed by atoms with Crippen LogP contribution in [0.4, 0.5) is 23.2 Å². The molecule has 0 aliphatic rings. The first-order valence-corrected chi connectivity index (χ1v) is 6.84. The van der Waals surface area contributed by atoms with Crippen molar-refractivity contribution in [3.8, 4) is 5.75 Å². The number of amides is 1. The Hall–Kier alpha value is -1.44. The number of hydrogen-bond acceptors (Lipinski definition) is 3. The van der Waals surface area contributed by atoms with E-state index < -0.39 is 29.8 Å². The molecule has 1 amide bonds. The summed E-state index contributed by atoms with van der Waals surface area (Å²) in [7, 11) is 0. The molecule has 0 saturated carbocycles. The number of rotatable bonds is 5. The molecule has 0 aliphatic carbocycles. The summed E-state index contributed by atoms with van der Waals surface area (Å²) < 4.78 is 53.9. The van der Waals surface area contributed by atoms with Gasteiger partial charge in [-0.2, -0.15) is 24.9 Å². The first-order valence-electron chi connectivity index (χ1n) is 5.55. The lowest BCUT2D eigenvalue weighted by atomic mass is 10.2. The molecule has 112 valence electrons. The van der Waals surface area contributed by atoms with E-state index in [1.54, 1.807) is 13.2 Å². The zero-order valence-electron chi connectivity index (χ0n) is 10.8. The number of carbonyl (C=O) groups is 1. The molecule has 20 heavy (non-hydrogen) atoms. The summed E-state index contributed by atoms with van der Waals surface area (Å²) in [6.45, 7) is 0.0805. The van der Waals surface area contributed by atoms with E-state index in [1.165, 1.54) is 11.8 Å². The third kappa shape index (κ3) is 5.28. The van der Waals surface area contributed by atoms with E-state index in [0.717, 1.165) is 18.2 Å². The second-order valence-corrected chi connectivity index (χ2v) is 5.09. The minimum Gasteiger partial charge on any atom is -0.482 e. The van der Waals surface area contributed by atoms with Crippen LogP contribution in [0, 0.1) is 5.82 Å². The molecule has 0 fully saturated rings. The Morgan fingerprint density at radius 2 is 2.10 bits per heavy atom. The summed E-state index contributed by atoms with van der Waals surface area (Å²) in [5.74, 6) is -1.51. The molecule has 1 aromatic rings. The van der Waals surface area contributed by atoms with Gasteiger partial charge in [0.1, 0.15) is 11.6 Å². The van der Waals surface area contributed by atoms with Crippen molar-refractivity contribution in [2.75, 3.05) is 18.2 Å². The Labute approximate surface area is 117 Å². The number of benzene rings is 1. The number of ether oxygens (including phenoxy) is 1. The summed E-state index contributed by atoms with van der Waals surface area (Å²) in [6, 6.07) is 2.98. The van der Waals surface area contributed by atoms with E-state index in [-0.39, 0.29) is 11.4 Å². The summed E-state index contributed by atoms with van der Waals surface area (Å²) >= 11 is 1.27. The predicted molar refractivity (Wildman–Crippen MR) is 69.6 cm³/mol. The molecular formula is C12H13F4NO2S. The standard InChI is InChI=1S/C12H13F4NO2S/c1-7(20-2)11(18)17-9-4-3-8(13)5-10(9)19-6-12(14,15)16/h3-5,7H,6H2,1-2H3,(H,17,18)/t7-/m1/s1. The lowest BCUT2D eigenvalue weighted by Gasteiger charge is -2.15. The Bertz CT molecular complexity index is 479. The van der Waals surface area contributed by atoms with Crippen LogP contribution >= 0.6 is 11.8 Å². The average molecular weight is 311 g/mol. The van der Waals surface area contributed by atoms with E-state index >= 15 is 0 Å². The predicted octanol–water partition coefficient (Wildman–Crippen LogP) is 3.46. The molecule has 0 aliphatic heterocycles. The SMILES string of the molecule is CS[C@H](C)C(=O)Nc1ccc(F)cc1OCC(F)(F)F. The van der Waals surface area contributed by atoms with Gasteiger partial charge in [-0.3, -0.25) is 4.79 Å². The Balaban J connectivity index is 2.87. The molecule has 0 spiro atoms. The fourth-order valence-corrected chi connectivity index (χ4v) is 1.49. The molecule has 1 atom stereocenters.